The van der Waals surface area contributed by atoms with E-state index in [1.165, 1.54) is 4.57 Å². The highest BCUT2D eigenvalue weighted by molar-refractivity contribution is 7.07. The monoisotopic (exact) mass is 447 g/mol. The van der Waals surface area contributed by atoms with Gasteiger partial charge in [0.2, 0.25) is 0 Å². The molecule has 0 saturated carbocycles. The van der Waals surface area contributed by atoms with Crippen LogP contribution in [0.25, 0.3) is 28.7 Å². The molecule has 0 bridgehead atoms. The highest BCUT2D eigenvalue weighted by Crippen LogP contribution is 2.25. The molecule has 2 aromatic carbocycles. The van der Waals surface area contributed by atoms with Crippen LogP contribution >= 0.6 is 22.9 Å². The van der Waals surface area contributed by atoms with Gasteiger partial charge in [-0.3, -0.25) is 14.2 Å². The first-order valence-electron chi connectivity index (χ1n) is 9.07. The van der Waals surface area contributed by atoms with Crippen LogP contribution in [0.3, 0.4) is 0 Å². The van der Waals surface area contributed by atoms with Crippen LogP contribution in [0, 0.1) is 11.3 Å². The number of hydrogen-bond acceptors (Lipinski definition) is 5. The second kappa shape index (κ2) is 8.48. The number of nitriles is 1. The van der Waals surface area contributed by atoms with Gasteiger partial charge in [-0.1, -0.05) is 41.9 Å². The topological polar surface area (TPSA) is 102 Å². The number of halogens is 1. The van der Waals surface area contributed by atoms with Crippen LogP contribution in [0.5, 0.6) is 0 Å². The largest absolute Gasteiger partial charge is 0.457 e. The molecule has 4 rings (SSSR count). The molecule has 0 unspecified atom stereocenters. The number of rotatable bonds is 4. The summed E-state index contributed by atoms with van der Waals surface area (Å²) in [7, 11) is 0. The summed E-state index contributed by atoms with van der Waals surface area (Å²) in [6.45, 7) is 0. The summed E-state index contributed by atoms with van der Waals surface area (Å²) in [6.07, 6.45) is 1.57. The van der Waals surface area contributed by atoms with Crippen molar-refractivity contribution in [2.75, 3.05) is 0 Å². The van der Waals surface area contributed by atoms with Crippen LogP contribution in [-0.4, -0.2) is 10.5 Å². The van der Waals surface area contributed by atoms with E-state index in [9.17, 15) is 14.9 Å². The highest BCUT2D eigenvalue weighted by atomic mass is 35.5. The first-order valence-corrected chi connectivity index (χ1v) is 10.3. The fourth-order valence-electron chi connectivity index (χ4n) is 3.03. The minimum atomic E-state index is -0.902. The molecule has 0 radical (unpaired) electrons. The molecule has 0 aliphatic rings. The van der Waals surface area contributed by atoms with Gasteiger partial charge in [-0.25, -0.2) is 0 Å². The third kappa shape index (κ3) is 4.08. The van der Waals surface area contributed by atoms with Crippen LogP contribution in [0.2, 0.25) is 5.02 Å². The third-order valence-corrected chi connectivity index (χ3v) is 5.75. The molecular formula is C23H14ClN3O3S. The van der Waals surface area contributed by atoms with E-state index in [2.05, 4.69) is 0 Å². The van der Waals surface area contributed by atoms with Gasteiger partial charge in [0.15, 0.2) is 5.57 Å². The molecule has 2 N–H and O–H groups in total. The lowest BCUT2D eigenvalue weighted by Gasteiger charge is -2.01. The number of nitrogens with zero attached hydrogens (tertiary/aromatic N) is 2. The van der Waals surface area contributed by atoms with Crippen LogP contribution in [0.1, 0.15) is 5.76 Å². The Kier molecular flexibility index (Phi) is 5.58. The number of carbonyl (C=O) groups excluding carboxylic acids is 1. The number of carbonyl (C=O) groups is 1. The first kappa shape index (κ1) is 20.4. The molecule has 152 valence electrons. The molecular weight excluding hydrogens is 434 g/mol. The Hall–Kier alpha value is -3.86. The van der Waals surface area contributed by atoms with E-state index < -0.39 is 5.91 Å². The molecule has 0 fully saturated rings. The SMILES string of the molecule is N#C/C(C(N)=O)=c1/s/c(=C/c2ccc(-c3cccc(Cl)c3)o2)c(=O)n1-c1ccccc1. The Balaban J connectivity index is 1.93. The molecule has 2 aromatic heterocycles. The average Bonchev–Trinajstić information content (AvgIpc) is 3.34. The number of furan rings is 1. The van der Waals surface area contributed by atoms with E-state index >= 15 is 0 Å². The number of thiazole rings is 1. The number of nitrogens with two attached hydrogens (primary N) is 1. The van der Waals surface area contributed by atoms with E-state index in [1.807, 2.05) is 12.1 Å². The number of primary amides is 1. The van der Waals surface area contributed by atoms with E-state index in [0.29, 0.717) is 26.8 Å². The van der Waals surface area contributed by atoms with Crippen molar-refractivity contribution < 1.29 is 9.21 Å². The van der Waals surface area contributed by atoms with Crippen LogP contribution < -0.4 is 20.5 Å². The molecule has 0 spiro atoms. The summed E-state index contributed by atoms with van der Waals surface area (Å²) in [5.41, 5.74) is 6.02. The number of benzene rings is 2. The molecule has 0 aliphatic carbocycles. The first-order chi connectivity index (χ1) is 15.0. The third-order valence-electron chi connectivity index (χ3n) is 4.42. The van der Waals surface area contributed by atoms with Crippen molar-refractivity contribution in [1.82, 2.24) is 4.57 Å². The molecule has 2 heterocycles. The van der Waals surface area contributed by atoms with Gasteiger partial charge < -0.3 is 10.2 Å². The van der Waals surface area contributed by atoms with E-state index in [1.54, 1.807) is 66.7 Å². The van der Waals surface area contributed by atoms with Gasteiger partial charge in [0.1, 0.15) is 22.3 Å². The summed E-state index contributed by atoms with van der Waals surface area (Å²) in [4.78, 5) is 25.0. The van der Waals surface area contributed by atoms with Gasteiger partial charge in [-0.2, -0.15) is 5.26 Å². The van der Waals surface area contributed by atoms with Crippen molar-refractivity contribution in [2.45, 2.75) is 0 Å². The standard InChI is InChI=1S/C23H14ClN3O3S/c24-15-6-4-5-14(11-15)19-10-9-17(30-19)12-20-22(29)27(16-7-2-1-3-8-16)23(31-20)18(13-25)21(26)28/h1-12H,(H2,26,28)/b20-12+,23-18-. The summed E-state index contributed by atoms with van der Waals surface area (Å²) in [5.74, 6) is 0.134. The summed E-state index contributed by atoms with van der Waals surface area (Å²) >= 11 is 7.04. The summed E-state index contributed by atoms with van der Waals surface area (Å²) in [5, 5.41) is 10.0. The number of aromatic nitrogens is 1. The molecule has 4 aromatic rings. The maximum atomic E-state index is 13.2. The fourth-order valence-corrected chi connectivity index (χ4v) is 4.31. The Bertz CT molecular complexity index is 1510. The normalized spacial score (nSPS) is 12.5. The van der Waals surface area contributed by atoms with Crippen LogP contribution in [0.15, 0.2) is 75.9 Å². The average molecular weight is 448 g/mol. The number of hydrogen-bond donors (Lipinski definition) is 1. The second-order valence-corrected chi connectivity index (χ2v) is 7.92. The van der Waals surface area contributed by atoms with E-state index in [0.717, 1.165) is 16.9 Å². The maximum Gasteiger partial charge on any atom is 0.273 e. The predicted molar refractivity (Wildman–Crippen MR) is 120 cm³/mol. The smallest absolute Gasteiger partial charge is 0.273 e. The Morgan fingerprint density at radius 1 is 1.13 bits per heavy atom. The Morgan fingerprint density at radius 3 is 2.58 bits per heavy atom. The van der Waals surface area contributed by atoms with Gasteiger partial charge in [0.05, 0.1) is 10.2 Å². The van der Waals surface area contributed by atoms with E-state index in [-0.39, 0.29) is 15.8 Å². The molecule has 0 atom stereocenters. The van der Waals surface area contributed by atoms with Crippen LogP contribution in [0.4, 0.5) is 0 Å². The van der Waals surface area contributed by atoms with Crippen molar-refractivity contribution in [3.05, 3.63) is 97.1 Å². The van der Waals surface area contributed by atoms with Gasteiger partial charge in [-0.05, 0) is 36.4 Å². The maximum absolute atomic E-state index is 13.2. The van der Waals surface area contributed by atoms with Crippen LogP contribution in [-0.2, 0) is 4.79 Å². The molecule has 0 saturated heterocycles. The molecule has 31 heavy (non-hydrogen) atoms. The predicted octanol–water partition coefficient (Wildman–Crippen LogP) is 2.80. The molecule has 6 nitrogen and oxygen atoms in total. The molecule has 0 aliphatic heterocycles. The van der Waals surface area contributed by atoms with Gasteiger partial charge >= 0.3 is 0 Å². The van der Waals surface area contributed by atoms with E-state index in [4.69, 9.17) is 21.8 Å². The lowest BCUT2D eigenvalue weighted by Crippen LogP contribution is -2.32. The molecule has 8 heteroatoms. The van der Waals surface area contributed by atoms with Crippen molar-refractivity contribution in [3.63, 3.8) is 0 Å². The van der Waals surface area contributed by atoms with Gasteiger partial charge in [0.25, 0.3) is 11.5 Å². The minimum Gasteiger partial charge on any atom is -0.457 e. The number of amides is 1. The van der Waals surface area contributed by atoms with Crippen molar-refractivity contribution in [3.8, 4) is 23.1 Å². The Morgan fingerprint density at radius 2 is 1.90 bits per heavy atom. The Labute approximate surface area is 185 Å². The lowest BCUT2D eigenvalue weighted by molar-refractivity contribution is -0.112. The zero-order valence-electron chi connectivity index (χ0n) is 15.9. The highest BCUT2D eigenvalue weighted by Gasteiger charge is 2.15. The van der Waals surface area contributed by atoms with Crippen molar-refractivity contribution in [2.24, 2.45) is 5.73 Å². The van der Waals surface area contributed by atoms with Gasteiger partial charge in [-0.15, -0.1) is 11.3 Å². The zero-order valence-corrected chi connectivity index (χ0v) is 17.5. The quantitative estimate of drug-likeness (QED) is 0.519. The van der Waals surface area contributed by atoms with Crippen molar-refractivity contribution in [1.29, 1.82) is 5.26 Å². The van der Waals surface area contributed by atoms with Crippen molar-refractivity contribution >= 4 is 40.5 Å². The lowest BCUT2D eigenvalue weighted by atomic mass is 10.2. The zero-order chi connectivity index (χ0) is 22.0. The fraction of sp³-hybridized carbons (Fsp3) is 0. The van der Waals surface area contributed by atoms with Gasteiger partial charge in [0, 0.05) is 16.7 Å². The summed E-state index contributed by atoms with van der Waals surface area (Å²) in [6, 6.07) is 21.3. The molecule has 1 amide bonds. The second-order valence-electron chi connectivity index (χ2n) is 6.46. The number of para-hydroxylation sites is 1. The minimum absolute atomic E-state index is 0.166. The summed E-state index contributed by atoms with van der Waals surface area (Å²) < 4.78 is 7.62.